The highest BCUT2D eigenvalue weighted by Gasteiger charge is 2.52. The fraction of sp³-hybridized carbons (Fsp3) is 0.462. The first-order valence-corrected chi connectivity index (χ1v) is 6.18. The molecule has 2 aliphatic carbocycles. The molecule has 94 valence electrons. The van der Waals surface area contributed by atoms with Gasteiger partial charge in [0.25, 0.3) is 5.69 Å². The Balaban J connectivity index is 1.80. The highest BCUT2D eigenvalue weighted by molar-refractivity contribution is 5.91. The van der Waals surface area contributed by atoms with Crippen LogP contribution in [0.1, 0.15) is 31.2 Å². The molecule has 0 radical (unpaired) electrons. The number of nitrogens with one attached hydrogen (secondary N) is 1. The quantitative estimate of drug-likeness (QED) is 0.651. The summed E-state index contributed by atoms with van der Waals surface area (Å²) in [6.07, 6.45) is 3.82. The Morgan fingerprint density at radius 1 is 1.28 bits per heavy atom. The molecule has 1 aromatic carbocycles. The molecule has 0 aliphatic heterocycles. The van der Waals surface area contributed by atoms with Gasteiger partial charge in [-0.2, -0.15) is 0 Å². The highest BCUT2D eigenvalue weighted by atomic mass is 16.6. The van der Waals surface area contributed by atoms with Crippen molar-refractivity contribution in [2.45, 2.75) is 37.1 Å². The first-order chi connectivity index (χ1) is 8.62. The van der Waals surface area contributed by atoms with Crippen molar-refractivity contribution in [2.24, 2.45) is 0 Å². The first kappa shape index (κ1) is 11.2. The van der Waals surface area contributed by atoms with Gasteiger partial charge in [-0.15, -0.1) is 0 Å². The van der Waals surface area contributed by atoms with Crippen LogP contribution >= 0.6 is 0 Å². The third-order valence-corrected chi connectivity index (χ3v) is 3.73. The van der Waals surface area contributed by atoms with Crippen LogP contribution in [0, 0.1) is 10.1 Å². The van der Waals surface area contributed by atoms with Crippen LogP contribution in [0.15, 0.2) is 24.3 Å². The molecule has 2 aliphatic rings. The average molecular weight is 246 g/mol. The van der Waals surface area contributed by atoms with Crippen LogP contribution in [0.25, 0.3) is 0 Å². The first-order valence-electron chi connectivity index (χ1n) is 6.18. The second-order valence-electron chi connectivity index (χ2n) is 5.13. The Morgan fingerprint density at radius 3 is 2.33 bits per heavy atom. The summed E-state index contributed by atoms with van der Waals surface area (Å²) in [6.45, 7) is 0. The Kier molecular flexibility index (Phi) is 2.36. The van der Waals surface area contributed by atoms with Crippen molar-refractivity contribution in [3.05, 3.63) is 39.9 Å². The summed E-state index contributed by atoms with van der Waals surface area (Å²) >= 11 is 0. The topological polar surface area (TPSA) is 72.2 Å². The van der Waals surface area contributed by atoms with Crippen LogP contribution in [0.4, 0.5) is 5.69 Å². The van der Waals surface area contributed by atoms with E-state index in [1.165, 1.54) is 12.1 Å². The van der Waals surface area contributed by atoms with Gasteiger partial charge in [-0.25, -0.2) is 0 Å². The maximum absolute atomic E-state index is 12.2. The number of nitrogens with zero attached hydrogens (tertiary/aromatic N) is 1. The van der Waals surface area contributed by atoms with Crippen molar-refractivity contribution in [3.63, 3.8) is 0 Å². The van der Waals surface area contributed by atoms with Gasteiger partial charge < -0.3 is 5.32 Å². The molecule has 0 aromatic heterocycles. The number of hydrogen-bond donors (Lipinski definition) is 1. The van der Waals surface area contributed by atoms with Crippen molar-refractivity contribution in [3.8, 4) is 0 Å². The van der Waals surface area contributed by atoms with Crippen LogP contribution in [0.2, 0.25) is 0 Å². The molecular formula is C13H14N2O3. The van der Waals surface area contributed by atoms with E-state index in [-0.39, 0.29) is 11.6 Å². The molecule has 1 N–H and O–H groups in total. The summed E-state index contributed by atoms with van der Waals surface area (Å²) in [7, 11) is 0. The van der Waals surface area contributed by atoms with Crippen molar-refractivity contribution in [2.75, 3.05) is 0 Å². The number of benzene rings is 1. The maximum atomic E-state index is 12.2. The lowest BCUT2D eigenvalue weighted by atomic mass is 9.94. The van der Waals surface area contributed by atoms with E-state index in [2.05, 4.69) is 5.32 Å². The Morgan fingerprint density at radius 2 is 1.89 bits per heavy atom. The molecule has 3 rings (SSSR count). The van der Waals surface area contributed by atoms with E-state index >= 15 is 0 Å². The number of rotatable bonds is 4. The number of carbonyl (C=O) groups excluding carboxylic acids is 1. The van der Waals surface area contributed by atoms with Gasteiger partial charge in [0.15, 0.2) is 0 Å². The molecule has 1 amide bonds. The molecule has 0 bridgehead atoms. The molecule has 1 aromatic rings. The summed E-state index contributed by atoms with van der Waals surface area (Å²) in [5, 5.41) is 13.6. The molecule has 18 heavy (non-hydrogen) atoms. The molecule has 0 atom stereocenters. The molecule has 5 nitrogen and oxygen atoms in total. The average Bonchev–Trinajstić information content (AvgIpc) is 3.23. The Labute approximate surface area is 104 Å². The van der Waals surface area contributed by atoms with Crippen LogP contribution in [-0.2, 0) is 10.2 Å². The van der Waals surface area contributed by atoms with E-state index < -0.39 is 10.3 Å². The number of hydrogen-bond acceptors (Lipinski definition) is 3. The maximum Gasteiger partial charge on any atom is 0.269 e. The minimum atomic E-state index is -0.423. The van der Waals surface area contributed by atoms with Crippen LogP contribution in [-0.4, -0.2) is 16.9 Å². The minimum absolute atomic E-state index is 0.0668. The molecule has 2 fully saturated rings. The van der Waals surface area contributed by atoms with Gasteiger partial charge in [0.2, 0.25) is 5.91 Å². The lowest BCUT2D eigenvalue weighted by Gasteiger charge is -2.15. The molecule has 0 spiro atoms. The summed E-state index contributed by atoms with van der Waals surface area (Å²) in [6, 6.07) is 6.71. The standard InChI is InChI=1S/C13H14N2O3/c16-12(14-10-3-4-10)13(7-8-13)9-1-5-11(6-2-9)15(17)18/h1-2,5-6,10H,3-4,7-8H2,(H,14,16). The fourth-order valence-corrected chi connectivity index (χ4v) is 2.23. The van der Waals surface area contributed by atoms with Crippen LogP contribution < -0.4 is 5.32 Å². The molecule has 0 saturated heterocycles. The van der Waals surface area contributed by atoms with Gasteiger partial charge in [-0.05, 0) is 31.2 Å². The van der Waals surface area contributed by atoms with E-state index in [0.29, 0.717) is 6.04 Å². The SMILES string of the molecule is O=C(NC1CC1)C1(c2ccc([N+](=O)[O-])cc2)CC1. The van der Waals surface area contributed by atoms with Crippen molar-refractivity contribution >= 4 is 11.6 Å². The normalized spacial score (nSPS) is 20.2. The molecular weight excluding hydrogens is 232 g/mol. The predicted octanol–water partition coefficient (Wildman–Crippen LogP) is 1.90. The summed E-state index contributed by atoms with van der Waals surface area (Å²) < 4.78 is 0. The number of carbonyl (C=O) groups is 1. The second-order valence-corrected chi connectivity index (χ2v) is 5.13. The highest BCUT2D eigenvalue weighted by Crippen LogP contribution is 2.49. The largest absolute Gasteiger partial charge is 0.353 e. The Hall–Kier alpha value is -1.91. The zero-order chi connectivity index (χ0) is 12.8. The van der Waals surface area contributed by atoms with Gasteiger partial charge in [-0.3, -0.25) is 14.9 Å². The van der Waals surface area contributed by atoms with E-state index in [0.717, 1.165) is 31.2 Å². The molecule has 0 heterocycles. The second kappa shape index (κ2) is 3.80. The summed E-state index contributed by atoms with van der Waals surface area (Å²) in [4.78, 5) is 22.3. The van der Waals surface area contributed by atoms with Crippen molar-refractivity contribution < 1.29 is 9.72 Å². The third-order valence-electron chi connectivity index (χ3n) is 3.73. The summed E-state index contributed by atoms with van der Waals surface area (Å²) in [5.74, 6) is 0.0823. The van der Waals surface area contributed by atoms with E-state index in [1.54, 1.807) is 12.1 Å². The van der Waals surface area contributed by atoms with E-state index in [4.69, 9.17) is 0 Å². The van der Waals surface area contributed by atoms with Gasteiger partial charge in [0.1, 0.15) is 0 Å². The summed E-state index contributed by atoms with van der Waals surface area (Å²) in [5.41, 5.74) is 0.543. The Bertz CT molecular complexity index is 501. The zero-order valence-electron chi connectivity index (χ0n) is 9.89. The monoisotopic (exact) mass is 246 g/mol. The number of nitro groups is 1. The third kappa shape index (κ3) is 1.85. The van der Waals surface area contributed by atoms with Gasteiger partial charge in [0.05, 0.1) is 10.3 Å². The molecule has 5 heteroatoms. The predicted molar refractivity (Wildman–Crippen MR) is 65.2 cm³/mol. The molecule has 2 saturated carbocycles. The van der Waals surface area contributed by atoms with Crippen molar-refractivity contribution in [1.82, 2.24) is 5.32 Å². The lowest BCUT2D eigenvalue weighted by Crippen LogP contribution is -2.36. The van der Waals surface area contributed by atoms with Crippen molar-refractivity contribution in [1.29, 1.82) is 0 Å². The number of nitro benzene ring substituents is 1. The fourth-order valence-electron chi connectivity index (χ4n) is 2.23. The lowest BCUT2D eigenvalue weighted by molar-refractivity contribution is -0.384. The van der Waals surface area contributed by atoms with Gasteiger partial charge >= 0.3 is 0 Å². The number of amides is 1. The smallest absolute Gasteiger partial charge is 0.269 e. The minimum Gasteiger partial charge on any atom is -0.353 e. The zero-order valence-corrected chi connectivity index (χ0v) is 9.89. The molecule has 0 unspecified atom stereocenters. The van der Waals surface area contributed by atoms with Gasteiger partial charge in [0, 0.05) is 18.2 Å². The number of non-ortho nitro benzene ring substituents is 1. The van der Waals surface area contributed by atoms with Gasteiger partial charge in [-0.1, -0.05) is 12.1 Å². The van der Waals surface area contributed by atoms with Crippen LogP contribution in [0.5, 0.6) is 0 Å². The van der Waals surface area contributed by atoms with Crippen LogP contribution in [0.3, 0.4) is 0 Å². The van der Waals surface area contributed by atoms with E-state index in [1.807, 2.05) is 0 Å². The van der Waals surface area contributed by atoms with E-state index in [9.17, 15) is 14.9 Å².